The molecule has 1 amide bonds. The molecule has 2 heterocycles. The van der Waals surface area contributed by atoms with E-state index in [0.29, 0.717) is 30.6 Å². The van der Waals surface area contributed by atoms with Crippen molar-refractivity contribution in [3.63, 3.8) is 0 Å². The standard InChI is InChI=1S/C25H31N5OS/c31-24(27-18-21-12-7-15-32-21)22(16-19-8-3-1-4-9-19)29-23-13-14-26-25(30-23)28-17-20-10-5-2-6-11-20/h1,3-4,7-9,12-15,20,22H,2,5-6,10-11,16-18H2,(H,27,31)(H2,26,28,29,30)/t22-/m0/s1. The van der Waals surface area contributed by atoms with E-state index in [1.165, 1.54) is 32.1 Å². The van der Waals surface area contributed by atoms with Crippen LogP contribution in [0.15, 0.2) is 60.1 Å². The van der Waals surface area contributed by atoms with Crippen molar-refractivity contribution in [2.24, 2.45) is 5.92 Å². The van der Waals surface area contributed by atoms with Crippen LogP contribution in [0.5, 0.6) is 0 Å². The van der Waals surface area contributed by atoms with Crippen LogP contribution in [0, 0.1) is 5.92 Å². The van der Waals surface area contributed by atoms with Gasteiger partial charge in [-0.1, -0.05) is 55.7 Å². The highest BCUT2D eigenvalue weighted by atomic mass is 32.1. The molecule has 4 rings (SSSR count). The fraction of sp³-hybridized carbons (Fsp3) is 0.400. The lowest BCUT2D eigenvalue weighted by Crippen LogP contribution is -2.41. The number of hydrogen-bond acceptors (Lipinski definition) is 6. The van der Waals surface area contributed by atoms with Gasteiger partial charge in [0.25, 0.3) is 0 Å². The van der Waals surface area contributed by atoms with Crippen LogP contribution in [-0.4, -0.2) is 28.5 Å². The third kappa shape index (κ3) is 6.79. The lowest BCUT2D eigenvalue weighted by molar-refractivity contribution is -0.122. The smallest absolute Gasteiger partial charge is 0.243 e. The molecule has 7 heteroatoms. The number of aromatic nitrogens is 2. The topological polar surface area (TPSA) is 78.9 Å². The van der Waals surface area contributed by atoms with Gasteiger partial charge in [0.05, 0.1) is 6.54 Å². The summed E-state index contributed by atoms with van der Waals surface area (Å²) in [6, 6.07) is 15.5. The molecule has 3 N–H and O–H groups in total. The van der Waals surface area contributed by atoms with Crippen LogP contribution in [0.1, 0.15) is 42.5 Å². The molecule has 0 radical (unpaired) electrons. The lowest BCUT2D eigenvalue weighted by atomic mass is 9.89. The van der Waals surface area contributed by atoms with E-state index >= 15 is 0 Å². The highest BCUT2D eigenvalue weighted by Crippen LogP contribution is 2.23. The van der Waals surface area contributed by atoms with E-state index in [1.807, 2.05) is 53.9 Å². The molecular formula is C25H31N5OS. The zero-order chi connectivity index (χ0) is 22.0. The van der Waals surface area contributed by atoms with Crippen LogP contribution in [0.25, 0.3) is 0 Å². The monoisotopic (exact) mass is 449 g/mol. The highest BCUT2D eigenvalue weighted by Gasteiger charge is 2.20. The maximum atomic E-state index is 13.0. The van der Waals surface area contributed by atoms with Gasteiger partial charge in [-0.2, -0.15) is 4.98 Å². The Balaban J connectivity index is 1.40. The van der Waals surface area contributed by atoms with Gasteiger partial charge < -0.3 is 16.0 Å². The predicted molar refractivity (Wildman–Crippen MR) is 131 cm³/mol. The molecule has 0 aliphatic heterocycles. The second-order valence-corrected chi connectivity index (χ2v) is 9.37. The quantitative estimate of drug-likeness (QED) is 0.412. The normalized spacial score (nSPS) is 15.1. The molecule has 1 aliphatic carbocycles. The largest absolute Gasteiger partial charge is 0.358 e. The zero-order valence-electron chi connectivity index (χ0n) is 18.3. The number of anilines is 2. The summed E-state index contributed by atoms with van der Waals surface area (Å²) < 4.78 is 0. The molecule has 0 unspecified atom stereocenters. The van der Waals surface area contributed by atoms with Crippen LogP contribution in [0.3, 0.4) is 0 Å². The van der Waals surface area contributed by atoms with E-state index in [4.69, 9.17) is 0 Å². The van der Waals surface area contributed by atoms with E-state index in [0.717, 1.165) is 17.0 Å². The van der Waals surface area contributed by atoms with Gasteiger partial charge in [-0.25, -0.2) is 4.98 Å². The summed E-state index contributed by atoms with van der Waals surface area (Å²) in [6.07, 6.45) is 8.84. The van der Waals surface area contributed by atoms with Gasteiger partial charge in [-0.3, -0.25) is 4.79 Å². The minimum atomic E-state index is -0.432. The Labute approximate surface area is 193 Å². The fourth-order valence-corrected chi connectivity index (χ4v) is 4.74. The summed E-state index contributed by atoms with van der Waals surface area (Å²) in [5, 5.41) is 11.8. The van der Waals surface area contributed by atoms with Gasteiger partial charge in [0, 0.05) is 24.0 Å². The minimum absolute atomic E-state index is 0.0439. The minimum Gasteiger partial charge on any atom is -0.358 e. The van der Waals surface area contributed by atoms with Gasteiger partial charge >= 0.3 is 0 Å². The third-order valence-electron chi connectivity index (χ3n) is 5.87. The molecule has 1 saturated carbocycles. The molecule has 32 heavy (non-hydrogen) atoms. The van der Waals surface area contributed by atoms with Crippen molar-refractivity contribution < 1.29 is 4.79 Å². The van der Waals surface area contributed by atoms with E-state index in [1.54, 1.807) is 17.5 Å². The maximum Gasteiger partial charge on any atom is 0.243 e. The molecule has 1 aromatic carbocycles. The summed E-state index contributed by atoms with van der Waals surface area (Å²) in [5.74, 6) is 1.91. The van der Waals surface area contributed by atoms with Gasteiger partial charge in [-0.15, -0.1) is 11.3 Å². The average Bonchev–Trinajstić information content (AvgIpc) is 3.36. The number of nitrogens with zero attached hydrogens (tertiary/aromatic N) is 2. The molecule has 3 aromatic rings. The van der Waals surface area contributed by atoms with E-state index in [9.17, 15) is 4.79 Å². The number of hydrogen-bond donors (Lipinski definition) is 3. The van der Waals surface area contributed by atoms with E-state index in [-0.39, 0.29) is 5.91 Å². The Kier molecular flexibility index (Phi) is 8.09. The SMILES string of the molecule is O=C(NCc1cccs1)[C@H](Cc1ccccc1)Nc1ccnc(NCC2CCCCC2)n1. The maximum absolute atomic E-state index is 13.0. The first kappa shape index (κ1) is 22.3. The van der Waals surface area contributed by atoms with Crippen molar-refractivity contribution in [3.05, 3.63) is 70.5 Å². The van der Waals surface area contributed by atoms with Gasteiger partial charge in [0.2, 0.25) is 11.9 Å². The van der Waals surface area contributed by atoms with Crippen molar-refractivity contribution in [3.8, 4) is 0 Å². The second-order valence-electron chi connectivity index (χ2n) is 8.33. The van der Waals surface area contributed by atoms with E-state index < -0.39 is 6.04 Å². The Morgan fingerprint density at radius 3 is 2.69 bits per heavy atom. The van der Waals surface area contributed by atoms with Gasteiger partial charge in [0.1, 0.15) is 11.9 Å². The number of nitrogens with one attached hydrogen (secondary N) is 3. The average molecular weight is 450 g/mol. The molecule has 1 fully saturated rings. The Morgan fingerprint density at radius 1 is 1.06 bits per heavy atom. The first-order chi connectivity index (χ1) is 15.8. The highest BCUT2D eigenvalue weighted by molar-refractivity contribution is 7.09. The van der Waals surface area contributed by atoms with Crippen LogP contribution in [0.2, 0.25) is 0 Å². The van der Waals surface area contributed by atoms with Crippen LogP contribution in [0.4, 0.5) is 11.8 Å². The summed E-state index contributed by atoms with van der Waals surface area (Å²) in [6.45, 7) is 1.43. The van der Waals surface area contributed by atoms with Crippen molar-refractivity contribution in [2.45, 2.75) is 51.1 Å². The van der Waals surface area contributed by atoms with Crippen molar-refractivity contribution in [1.82, 2.24) is 15.3 Å². The summed E-state index contributed by atoms with van der Waals surface area (Å²) in [5.41, 5.74) is 1.10. The van der Waals surface area contributed by atoms with Crippen molar-refractivity contribution in [2.75, 3.05) is 17.2 Å². The van der Waals surface area contributed by atoms with Gasteiger partial charge in [-0.05, 0) is 41.8 Å². The van der Waals surface area contributed by atoms with Crippen molar-refractivity contribution in [1.29, 1.82) is 0 Å². The summed E-state index contributed by atoms with van der Waals surface area (Å²) >= 11 is 1.64. The first-order valence-electron chi connectivity index (χ1n) is 11.4. The third-order valence-corrected chi connectivity index (χ3v) is 6.74. The molecule has 168 valence electrons. The molecular weight excluding hydrogens is 418 g/mol. The molecule has 0 saturated heterocycles. The number of carbonyl (C=O) groups is 1. The second kappa shape index (κ2) is 11.6. The predicted octanol–water partition coefficient (Wildman–Crippen LogP) is 4.87. The molecule has 0 bridgehead atoms. The van der Waals surface area contributed by atoms with Gasteiger partial charge in [0.15, 0.2) is 0 Å². The van der Waals surface area contributed by atoms with Crippen LogP contribution < -0.4 is 16.0 Å². The molecule has 1 atom stereocenters. The van der Waals surface area contributed by atoms with Crippen LogP contribution in [-0.2, 0) is 17.8 Å². The number of rotatable bonds is 10. The zero-order valence-corrected chi connectivity index (χ0v) is 19.1. The Hall–Kier alpha value is -2.93. The number of thiophene rings is 1. The van der Waals surface area contributed by atoms with Crippen molar-refractivity contribution >= 4 is 29.0 Å². The summed E-state index contributed by atoms with van der Waals surface area (Å²) in [4.78, 5) is 23.2. The summed E-state index contributed by atoms with van der Waals surface area (Å²) in [7, 11) is 0. The molecule has 6 nitrogen and oxygen atoms in total. The molecule has 0 spiro atoms. The molecule has 2 aromatic heterocycles. The lowest BCUT2D eigenvalue weighted by Gasteiger charge is -2.22. The number of amides is 1. The Bertz CT molecular complexity index is 957. The molecule has 1 aliphatic rings. The number of benzene rings is 1. The Morgan fingerprint density at radius 2 is 1.91 bits per heavy atom. The number of carbonyl (C=O) groups excluding carboxylic acids is 1. The van der Waals surface area contributed by atoms with E-state index in [2.05, 4.69) is 25.9 Å². The first-order valence-corrected chi connectivity index (χ1v) is 12.3. The van der Waals surface area contributed by atoms with Crippen LogP contribution >= 0.6 is 11.3 Å². The fourth-order valence-electron chi connectivity index (χ4n) is 4.10.